The van der Waals surface area contributed by atoms with Crippen LogP contribution in [0, 0.1) is 0 Å². The zero-order valence-electron chi connectivity index (χ0n) is 11.7. The summed E-state index contributed by atoms with van der Waals surface area (Å²) in [5.74, 6) is 3.55. The van der Waals surface area contributed by atoms with E-state index in [1.54, 1.807) is 0 Å². The molecule has 0 saturated carbocycles. The van der Waals surface area contributed by atoms with Crippen LogP contribution in [0.15, 0.2) is 24.3 Å². The van der Waals surface area contributed by atoms with E-state index in [4.69, 9.17) is 4.74 Å². The Hall–Kier alpha value is -0.710. The predicted octanol–water partition coefficient (Wildman–Crippen LogP) is 2.22. The molecule has 0 bridgehead atoms. The van der Waals surface area contributed by atoms with Crippen molar-refractivity contribution in [3.63, 3.8) is 0 Å². The van der Waals surface area contributed by atoms with Crippen LogP contribution in [-0.4, -0.2) is 49.7 Å². The number of ether oxygens (including phenoxy) is 1. The van der Waals surface area contributed by atoms with Gasteiger partial charge in [0.2, 0.25) is 0 Å². The van der Waals surface area contributed by atoms with Gasteiger partial charge in [0.25, 0.3) is 0 Å². The molecule has 1 aromatic rings. The largest absolute Gasteiger partial charge is 0.492 e. The van der Waals surface area contributed by atoms with Crippen molar-refractivity contribution in [1.82, 2.24) is 10.2 Å². The second-order valence-corrected chi connectivity index (χ2v) is 6.06. The molecule has 0 amide bonds. The molecule has 1 N–H and O–H groups in total. The van der Waals surface area contributed by atoms with E-state index in [1.807, 2.05) is 13.1 Å². The Bertz CT molecular complexity index is 365. The maximum absolute atomic E-state index is 5.86. The van der Waals surface area contributed by atoms with E-state index in [0.29, 0.717) is 0 Å². The van der Waals surface area contributed by atoms with E-state index in [-0.39, 0.29) is 0 Å². The maximum atomic E-state index is 5.86. The number of hydrogen-bond acceptors (Lipinski definition) is 4. The van der Waals surface area contributed by atoms with Crippen LogP contribution in [0.25, 0.3) is 0 Å². The van der Waals surface area contributed by atoms with Crippen molar-refractivity contribution in [2.45, 2.75) is 13.0 Å². The van der Waals surface area contributed by atoms with Crippen LogP contribution in [0.4, 0.5) is 0 Å². The average molecular weight is 280 g/mol. The van der Waals surface area contributed by atoms with Crippen LogP contribution in [0.1, 0.15) is 12.0 Å². The van der Waals surface area contributed by atoms with Gasteiger partial charge < -0.3 is 10.1 Å². The number of hydrogen-bond donors (Lipinski definition) is 1. The molecule has 1 aromatic carbocycles. The number of rotatable bonds is 6. The smallest absolute Gasteiger partial charge is 0.119 e. The molecule has 1 aliphatic heterocycles. The number of nitrogens with zero attached hydrogens (tertiary/aromatic N) is 1. The molecular formula is C15H24N2OS. The molecule has 4 heteroatoms. The molecule has 2 rings (SSSR count). The summed E-state index contributed by atoms with van der Waals surface area (Å²) in [7, 11) is 1.96. The Kier molecular flexibility index (Phi) is 6.54. The van der Waals surface area contributed by atoms with Gasteiger partial charge in [-0.05, 0) is 43.5 Å². The summed E-state index contributed by atoms with van der Waals surface area (Å²) in [4.78, 5) is 2.51. The quantitative estimate of drug-likeness (QED) is 0.863. The first-order chi connectivity index (χ1) is 9.38. The first-order valence-corrected chi connectivity index (χ1v) is 8.20. The summed E-state index contributed by atoms with van der Waals surface area (Å²) < 4.78 is 5.86. The molecule has 1 heterocycles. The van der Waals surface area contributed by atoms with Crippen molar-refractivity contribution >= 4 is 11.8 Å². The summed E-state index contributed by atoms with van der Waals surface area (Å²) in [5.41, 5.74) is 1.27. The van der Waals surface area contributed by atoms with Crippen LogP contribution >= 0.6 is 11.8 Å². The topological polar surface area (TPSA) is 24.5 Å². The summed E-state index contributed by atoms with van der Waals surface area (Å²) in [6.45, 7) is 5.13. The highest BCUT2D eigenvalue weighted by Crippen LogP contribution is 2.14. The number of thioether (sulfide) groups is 1. The molecule has 0 unspecified atom stereocenters. The number of nitrogens with one attached hydrogen (secondary N) is 1. The highest BCUT2D eigenvalue weighted by atomic mass is 32.2. The van der Waals surface area contributed by atoms with E-state index in [9.17, 15) is 0 Å². The number of benzene rings is 1. The molecular weight excluding hydrogens is 256 g/mol. The van der Waals surface area contributed by atoms with Gasteiger partial charge >= 0.3 is 0 Å². The Balaban J connectivity index is 1.73. The zero-order valence-corrected chi connectivity index (χ0v) is 12.5. The fraction of sp³-hybridized carbons (Fsp3) is 0.600. The average Bonchev–Trinajstić information content (AvgIpc) is 2.68. The summed E-state index contributed by atoms with van der Waals surface area (Å²) in [5, 5.41) is 3.16. The highest BCUT2D eigenvalue weighted by Gasteiger charge is 2.08. The second kappa shape index (κ2) is 8.46. The van der Waals surface area contributed by atoms with Crippen molar-refractivity contribution < 1.29 is 4.74 Å². The fourth-order valence-electron chi connectivity index (χ4n) is 2.26. The van der Waals surface area contributed by atoms with Crippen molar-refractivity contribution in [2.75, 3.05) is 44.8 Å². The lowest BCUT2D eigenvalue weighted by Crippen LogP contribution is -2.30. The molecule has 1 saturated heterocycles. The normalized spacial score (nSPS) is 17.1. The van der Waals surface area contributed by atoms with E-state index >= 15 is 0 Å². The molecule has 106 valence electrons. The fourth-order valence-corrected chi connectivity index (χ4v) is 3.19. The minimum absolute atomic E-state index is 0.785. The Morgan fingerprint density at radius 1 is 1.32 bits per heavy atom. The van der Waals surface area contributed by atoms with Gasteiger partial charge in [-0.2, -0.15) is 11.8 Å². The third kappa shape index (κ3) is 5.43. The Labute approximate surface area is 120 Å². The van der Waals surface area contributed by atoms with Gasteiger partial charge in [-0.15, -0.1) is 0 Å². The molecule has 1 aliphatic rings. The van der Waals surface area contributed by atoms with E-state index in [0.717, 1.165) is 25.4 Å². The molecule has 0 atom stereocenters. The summed E-state index contributed by atoms with van der Waals surface area (Å²) in [6, 6.07) is 8.34. The van der Waals surface area contributed by atoms with Crippen LogP contribution in [0.3, 0.4) is 0 Å². The highest BCUT2D eigenvalue weighted by molar-refractivity contribution is 7.99. The predicted molar refractivity (Wildman–Crippen MR) is 83.1 cm³/mol. The van der Waals surface area contributed by atoms with Gasteiger partial charge in [-0.3, -0.25) is 4.90 Å². The van der Waals surface area contributed by atoms with Crippen LogP contribution in [-0.2, 0) is 6.54 Å². The van der Waals surface area contributed by atoms with Crippen LogP contribution in [0.2, 0.25) is 0 Å². The van der Waals surface area contributed by atoms with Crippen LogP contribution in [0.5, 0.6) is 5.75 Å². The van der Waals surface area contributed by atoms with Gasteiger partial charge in [0, 0.05) is 25.4 Å². The van der Waals surface area contributed by atoms with E-state index < -0.39 is 0 Å². The second-order valence-electron chi connectivity index (χ2n) is 4.83. The molecule has 0 aliphatic carbocycles. The van der Waals surface area contributed by atoms with Gasteiger partial charge in [0.15, 0.2) is 0 Å². The minimum atomic E-state index is 0.785. The SMILES string of the molecule is CNCc1cccc(OCCN2CCCSCC2)c1. The summed E-state index contributed by atoms with van der Waals surface area (Å²) >= 11 is 2.07. The molecule has 19 heavy (non-hydrogen) atoms. The Morgan fingerprint density at radius 3 is 3.16 bits per heavy atom. The monoisotopic (exact) mass is 280 g/mol. The van der Waals surface area contributed by atoms with Crippen molar-refractivity contribution in [2.24, 2.45) is 0 Å². The lowest BCUT2D eigenvalue weighted by atomic mass is 10.2. The third-order valence-electron chi connectivity index (χ3n) is 3.27. The van der Waals surface area contributed by atoms with Crippen LogP contribution < -0.4 is 10.1 Å². The van der Waals surface area contributed by atoms with E-state index in [1.165, 1.54) is 36.6 Å². The Morgan fingerprint density at radius 2 is 2.26 bits per heavy atom. The van der Waals surface area contributed by atoms with Crippen molar-refractivity contribution in [3.8, 4) is 5.75 Å². The first kappa shape index (κ1) is 14.7. The van der Waals surface area contributed by atoms with E-state index in [2.05, 4.69) is 40.2 Å². The third-order valence-corrected chi connectivity index (χ3v) is 4.32. The lowest BCUT2D eigenvalue weighted by molar-refractivity contribution is 0.219. The van der Waals surface area contributed by atoms with Crippen molar-refractivity contribution in [3.05, 3.63) is 29.8 Å². The molecule has 0 spiro atoms. The zero-order chi connectivity index (χ0) is 13.3. The maximum Gasteiger partial charge on any atom is 0.119 e. The molecule has 0 radical (unpaired) electrons. The van der Waals surface area contributed by atoms with Gasteiger partial charge in [-0.25, -0.2) is 0 Å². The first-order valence-electron chi connectivity index (χ1n) is 7.05. The molecule has 0 aromatic heterocycles. The van der Waals surface area contributed by atoms with Gasteiger partial charge in [0.1, 0.15) is 12.4 Å². The van der Waals surface area contributed by atoms with Gasteiger partial charge in [-0.1, -0.05) is 12.1 Å². The van der Waals surface area contributed by atoms with Gasteiger partial charge in [0.05, 0.1) is 0 Å². The summed E-state index contributed by atoms with van der Waals surface area (Å²) in [6.07, 6.45) is 1.31. The lowest BCUT2D eigenvalue weighted by Gasteiger charge is -2.19. The van der Waals surface area contributed by atoms with Crippen molar-refractivity contribution in [1.29, 1.82) is 0 Å². The molecule has 1 fully saturated rings. The minimum Gasteiger partial charge on any atom is -0.492 e. The standard InChI is InChI=1S/C15H24N2OS/c1-16-13-14-4-2-5-15(12-14)18-9-7-17-6-3-10-19-11-8-17/h2,4-5,12,16H,3,6-11,13H2,1H3. The molecule has 3 nitrogen and oxygen atoms in total.